The molecule has 1 fully saturated rings. The van der Waals surface area contributed by atoms with Crippen molar-refractivity contribution in [3.63, 3.8) is 0 Å². The first-order valence-electron chi connectivity index (χ1n) is 9.60. The Kier molecular flexibility index (Phi) is 5.79. The summed E-state index contributed by atoms with van der Waals surface area (Å²) >= 11 is 0. The molecule has 0 radical (unpaired) electrons. The van der Waals surface area contributed by atoms with E-state index in [1.807, 2.05) is 36.2 Å². The van der Waals surface area contributed by atoms with E-state index in [9.17, 15) is 9.59 Å². The Morgan fingerprint density at radius 1 is 1.00 bits per heavy atom. The molecular weight excluding hydrogens is 352 g/mol. The summed E-state index contributed by atoms with van der Waals surface area (Å²) in [5, 5.41) is 2.86. The minimum Gasteiger partial charge on any atom is -0.336 e. The monoisotopic (exact) mass is 380 g/mol. The smallest absolute Gasteiger partial charge is 0.274 e. The van der Waals surface area contributed by atoms with Crippen LogP contribution in [0.5, 0.6) is 0 Å². The SMILES string of the molecule is CN1CCN(C(=O)c2ccnc(C(=O)Nc3ccc(C(C)(C)C)cc3)c2)CC1. The molecule has 3 rings (SSSR count). The minimum absolute atomic E-state index is 0.0564. The maximum absolute atomic E-state index is 12.7. The summed E-state index contributed by atoms with van der Waals surface area (Å²) in [4.78, 5) is 33.5. The van der Waals surface area contributed by atoms with Crippen LogP contribution in [0, 0.1) is 0 Å². The van der Waals surface area contributed by atoms with Crippen molar-refractivity contribution in [3.05, 3.63) is 59.4 Å². The number of anilines is 1. The molecule has 1 saturated heterocycles. The van der Waals surface area contributed by atoms with Crippen LogP contribution < -0.4 is 5.32 Å². The molecule has 28 heavy (non-hydrogen) atoms. The number of pyridine rings is 1. The van der Waals surface area contributed by atoms with Crippen molar-refractivity contribution >= 4 is 17.5 Å². The fourth-order valence-corrected chi connectivity index (χ4v) is 3.13. The van der Waals surface area contributed by atoms with E-state index >= 15 is 0 Å². The molecule has 2 aromatic rings. The van der Waals surface area contributed by atoms with Gasteiger partial charge in [-0.25, -0.2) is 0 Å². The number of carbonyl (C=O) groups excluding carboxylic acids is 2. The number of nitrogens with one attached hydrogen (secondary N) is 1. The molecule has 148 valence electrons. The van der Waals surface area contributed by atoms with Gasteiger partial charge >= 0.3 is 0 Å². The van der Waals surface area contributed by atoms with Gasteiger partial charge in [-0.3, -0.25) is 14.6 Å². The second-order valence-electron chi connectivity index (χ2n) is 8.31. The molecule has 0 spiro atoms. The molecule has 6 heteroatoms. The van der Waals surface area contributed by atoms with Crippen LogP contribution in [-0.4, -0.2) is 59.8 Å². The summed E-state index contributed by atoms with van der Waals surface area (Å²) < 4.78 is 0. The van der Waals surface area contributed by atoms with Crippen LogP contribution in [0.3, 0.4) is 0 Å². The number of carbonyl (C=O) groups is 2. The number of hydrogen-bond donors (Lipinski definition) is 1. The number of likely N-dealkylation sites (N-methyl/N-ethyl adjacent to an activating group) is 1. The summed E-state index contributed by atoms with van der Waals surface area (Å²) in [7, 11) is 2.05. The number of hydrogen-bond acceptors (Lipinski definition) is 4. The Bertz CT molecular complexity index is 848. The second kappa shape index (κ2) is 8.10. The zero-order chi connectivity index (χ0) is 20.3. The normalized spacial score (nSPS) is 15.4. The highest BCUT2D eigenvalue weighted by Crippen LogP contribution is 2.23. The third-order valence-corrected chi connectivity index (χ3v) is 5.04. The van der Waals surface area contributed by atoms with Gasteiger partial charge in [0.2, 0.25) is 0 Å². The minimum atomic E-state index is -0.323. The Hall–Kier alpha value is -2.73. The second-order valence-corrected chi connectivity index (χ2v) is 8.31. The van der Waals surface area contributed by atoms with Crippen molar-refractivity contribution in [1.82, 2.24) is 14.8 Å². The van der Waals surface area contributed by atoms with Crippen molar-refractivity contribution in [2.45, 2.75) is 26.2 Å². The Labute approximate surface area is 166 Å². The molecule has 1 aromatic carbocycles. The largest absolute Gasteiger partial charge is 0.336 e. The van der Waals surface area contributed by atoms with Crippen molar-refractivity contribution in [1.29, 1.82) is 0 Å². The van der Waals surface area contributed by atoms with Gasteiger partial charge in [0, 0.05) is 43.6 Å². The number of amides is 2. The van der Waals surface area contributed by atoms with Crippen LogP contribution in [0.4, 0.5) is 5.69 Å². The molecule has 1 N–H and O–H groups in total. The van der Waals surface area contributed by atoms with Crippen molar-refractivity contribution in [2.75, 3.05) is 38.5 Å². The highest BCUT2D eigenvalue weighted by atomic mass is 16.2. The lowest BCUT2D eigenvalue weighted by Gasteiger charge is -2.32. The van der Waals surface area contributed by atoms with Crippen LogP contribution in [0.1, 0.15) is 47.2 Å². The number of nitrogens with zero attached hydrogens (tertiary/aromatic N) is 3. The van der Waals surface area contributed by atoms with E-state index in [0.717, 1.165) is 13.1 Å². The molecule has 0 bridgehead atoms. The topological polar surface area (TPSA) is 65.5 Å². The Morgan fingerprint density at radius 3 is 2.25 bits per heavy atom. The third-order valence-electron chi connectivity index (χ3n) is 5.04. The van der Waals surface area contributed by atoms with Gasteiger partial charge in [-0.1, -0.05) is 32.9 Å². The Balaban J connectivity index is 1.69. The molecule has 0 saturated carbocycles. The molecule has 0 aliphatic carbocycles. The molecule has 1 aliphatic rings. The molecule has 1 aromatic heterocycles. The number of rotatable bonds is 3. The van der Waals surface area contributed by atoms with Gasteiger partial charge in [-0.2, -0.15) is 0 Å². The van der Waals surface area contributed by atoms with Gasteiger partial charge in [0.25, 0.3) is 11.8 Å². The molecular formula is C22H28N4O2. The van der Waals surface area contributed by atoms with Gasteiger partial charge in [-0.15, -0.1) is 0 Å². The van der Waals surface area contributed by atoms with Crippen molar-refractivity contribution < 1.29 is 9.59 Å². The predicted octanol–water partition coefficient (Wildman–Crippen LogP) is 3.02. The quantitative estimate of drug-likeness (QED) is 0.889. The van der Waals surface area contributed by atoms with Crippen LogP contribution in [0.25, 0.3) is 0 Å². The van der Waals surface area contributed by atoms with Crippen molar-refractivity contribution in [3.8, 4) is 0 Å². The fraction of sp³-hybridized carbons (Fsp3) is 0.409. The van der Waals surface area contributed by atoms with Crippen LogP contribution >= 0.6 is 0 Å². The van der Waals surface area contributed by atoms with Gasteiger partial charge in [0.1, 0.15) is 5.69 Å². The number of aromatic nitrogens is 1. The van der Waals surface area contributed by atoms with E-state index in [2.05, 4.69) is 36.0 Å². The standard InChI is InChI=1S/C22H28N4O2/c1-22(2,3)17-5-7-18(8-6-17)24-20(27)19-15-16(9-10-23-19)21(28)26-13-11-25(4)12-14-26/h5-10,15H,11-14H2,1-4H3,(H,24,27). The number of benzene rings is 1. The lowest BCUT2D eigenvalue weighted by atomic mass is 9.87. The average molecular weight is 380 g/mol. The molecule has 0 atom stereocenters. The van der Waals surface area contributed by atoms with Crippen molar-refractivity contribution in [2.24, 2.45) is 0 Å². The summed E-state index contributed by atoms with van der Waals surface area (Å²) in [6.45, 7) is 9.54. The highest BCUT2D eigenvalue weighted by Gasteiger charge is 2.21. The molecule has 2 amide bonds. The van der Waals surface area contributed by atoms with E-state index in [-0.39, 0.29) is 22.9 Å². The van der Waals surface area contributed by atoms with Gasteiger partial charge in [0.05, 0.1) is 0 Å². The predicted molar refractivity (Wildman–Crippen MR) is 111 cm³/mol. The first-order valence-corrected chi connectivity index (χ1v) is 9.60. The lowest BCUT2D eigenvalue weighted by Crippen LogP contribution is -2.47. The first-order chi connectivity index (χ1) is 13.2. The molecule has 6 nitrogen and oxygen atoms in total. The first kappa shape index (κ1) is 20.0. The third kappa shape index (κ3) is 4.75. The molecule has 2 heterocycles. The highest BCUT2D eigenvalue weighted by molar-refractivity contribution is 6.04. The molecule has 1 aliphatic heterocycles. The van der Waals surface area contributed by atoms with Crippen LogP contribution in [0.15, 0.2) is 42.6 Å². The van der Waals surface area contributed by atoms with E-state index in [1.54, 1.807) is 12.1 Å². The van der Waals surface area contributed by atoms with Crippen LogP contribution in [-0.2, 0) is 5.41 Å². The van der Waals surface area contributed by atoms with E-state index < -0.39 is 0 Å². The van der Waals surface area contributed by atoms with Gasteiger partial charge in [0.15, 0.2) is 0 Å². The maximum Gasteiger partial charge on any atom is 0.274 e. The Morgan fingerprint density at radius 2 is 1.64 bits per heavy atom. The molecule has 0 unspecified atom stereocenters. The summed E-state index contributed by atoms with van der Waals surface area (Å²) in [6, 6.07) is 11.0. The summed E-state index contributed by atoms with van der Waals surface area (Å²) in [5.41, 5.74) is 2.69. The van der Waals surface area contributed by atoms with E-state index in [0.29, 0.717) is 24.3 Å². The van der Waals surface area contributed by atoms with E-state index in [1.165, 1.54) is 11.8 Å². The van der Waals surface area contributed by atoms with Crippen LogP contribution in [0.2, 0.25) is 0 Å². The maximum atomic E-state index is 12.7. The number of piperazine rings is 1. The van der Waals surface area contributed by atoms with Gasteiger partial charge in [-0.05, 0) is 42.3 Å². The summed E-state index contributed by atoms with van der Waals surface area (Å²) in [5.74, 6) is -0.379. The lowest BCUT2D eigenvalue weighted by molar-refractivity contribution is 0.0664. The zero-order valence-corrected chi connectivity index (χ0v) is 17.0. The fourth-order valence-electron chi connectivity index (χ4n) is 3.13. The summed E-state index contributed by atoms with van der Waals surface area (Å²) in [6.07, 6.45) is 1.51. The zero-order valence-electron chi connectivity index (χ0n) is 17.0. The van der Waals surface area contributed by atoms with Gasteiger partial charge < -0.3 is 15.1 Å². The average Bonchev–Trinajstić information content (AvgIpc) is 2.68. The van der Waals surface area contributed by atoms with E-state index in [4.69, 9.17) is 0 Å².